The van der Waals surface area contributed by atoms with Crippen molar-refractivity contribution >= 4 is 17.3 Å². The van der Waals surface area contributed by atoms with Crippen molar-refractivity contribution in [3.63, 3.8) is 0 Å². The summed E-state index contributed by atoms with van der Waals surface area (Å²) in [4.78, 5) is 7.79. The Hall–Kier alpha value is -1.88. The molecule has 1 heterocycles. The first-order valence-corrected chi connectivity index (χ1v) is 8.25. The van der Waals surface area contributed by atoms with Gasteiger partial charge in [-0.15, -0.1) is 11.3 Å². The van der Waals surface area contributed by atoms with Crippen LogP contribution in [0.4, 0.5) is 4.39 Å². The molecule has 22 heavy (non-hydrogen) atoms. The van der Waals surface area contributed by atoms with Crippen LogP contribution in [0.3, 0.4) is 0 Å². The van der Waals surface area contributed by atoms with Crippen LogP contribution in [0.1, 0.15) is 10.4 Å². The molecule has 0 radical (unpaired) electrons. The molecule has 0 unspecified atom stereocenters. The van der Waals surface area contributed by atoms with E-state index < -0.39 is 0 Å². The lowest BCUT2D eigenvalue weighted by molar-refractivity contribution is 0.487. The molecular weight excluding hydrogens is 297 g/mol. The molecule has 0 fully saturated rings. The summed E-state index contributed by atoms with van der Waals surface area (Å²) in [7, 11) is 3.82. The van der Waals surface area contributed by atoms with E-state index in [4.69, 9.17) is 0 Å². The van der Waals surface area contributed by atoms with Gasteiger partial charge in [0.1, 0.15) is 5.82 Å². The van der Waals surface area contributed by atoms with E-state index in [1.165, 1.54) is 10.9 Å². The number of hydrogen-bond donors (Lipinski definition) is 1. The minimum Gasteiger partial charge on any atom is -0.356 e. The van der Waals surface area contributed by atoms with Crippen molar-refractivity contribution in [2.75, 3.05) is 27.2 Å². The lowest BCUT2D eigenvalue weighted by atomic mass is 10.1. The maximum Gasteiger partial charge on any atom is 0.193 e. The first-order valence-electron chi connectivity index (χ1n) is 7.37. The normalized spacial score (nSPS) is 11.5. The van der Waals surface area contributed by atoms with Crippen LogP contribution >= 0.6 is 11.3 Å². The summed E-state index contributed by atoms with van der Waals surface area (Å²) in [6.45, 7) is 1.65. The van der Waals surface area contributed by atoms with E-state index in [9.17, 15) is 4.39 Å². The lowest BCUT2D eigenvalue weighted by Crippen LogP contribution is -2.40. The third kappa shape index (κ3) is 5.15. The molecule has 1 aromatic carbocycles. The zero-order valence-electron chi connectivity index (χ0n) is 13.1. The van der Waals surface area contributed by atoms with Crippen molar-refractivity contribution in [3.8, 4) is 0 Å². The third-order valence-corrected chi connectivity index (χ3v) is 4.37. The Kier molecular flexibility index (Phi) is 6.40. The summed E-state index contributed by atoms with van der Waals surface area (Å²) in [6, 6.07) is 10.9. The fourth-order valence-corrected chi connectivity index (χ4v) is 2.93. The Bertz CT molecular complexity index is 596. The number of benzene rings is 1. The summed E-state index contributed by atoms with van der Waals surface area (Å²) in [5.41, 5.74) is 0.990. The molecular formula is C17H22FN3S. The largest absolute Gasteiger partial charge is 0.356 e. The van der Waals surface area contributed by atoms with E-state index >= 15 is 0 Å². The van der Waals surface area contributed by atoms with Gasteiger partial charge < -0.3 is 10.2 Å². The maximum atomic E-state index is 13.1. The van der Waals surface area contributed by atoms with Gasteiger partial charge in [-0.2, -0.15) is 0 Å². The summed E-state index contributed by atoms with van der Waals surface area (Å²) in [6.07, 6.45) is 1.79. The van der Waals surface area contributed by atoms with Crippen LogP contribution in [0.5, 0.6) is 0 Å². The second-order valence-electron chi connectivity index (χ2n) is 5.10. The molecule has 0 saturated heterocycles. The van der Waals surface area contributed by atoms with Crippen LogP contribution in [0, 0.1) is 5.82 Å². The molecule has 1 aromatic heterocycles. The molecule has 0 aliphatic rings. The number of rotatable bonds is 6. The number of thiophene rings is 1. The van der Waals surface area contributed by atoms with Crippen LogP contribution in [0.2, 0.25) is 0 Å². The standard InChI is InChI=1S/C17H22FN3S/c1-19-17(21(2)11-9-16-7-4-12-22-16)20-10-8-14-5-3-6-15(18)13-14/h3-7,12-13H,8-11H2,1-2H3,(H,19,20). The smallest absolute Gasteiger partial charge is 0.193 e. The maximum absolute atomic E-state index is 13.1. The molecule has 0 aliphatic heterocycles. The number of hydrogen-bond acceptors (Lipinski definition) is 2. The predicted octanol–water partition coefficient (Wildman–Crippen LogP) is 3.18. The van der Waals surface area contributed by atoms with Crippen molar-refractivity contribution in [1.82, 2.24) is 10.2 Å². The van der Waals surface area contributed by atoms with E-state index in [1.807, 2.05) is 13.1 Å². The predicted molar refractivity (Wildman–Crippen MR) is 92.1 cm³/mol. The Labute approximate surface area is 135 Å². The van der Waals surface area contributed by atoms with Gasteiger partial charge in [0.2, 0.25) is 0 Å². The van der Waals surface area contributed by atoms with Gasteiger partial charge in [-0.25, -0.2) is 4.39 Å². The van der Waals surface area contributed by atoms with Crippen LogP contribution in [0.25, 0.3) is 0 Å². The number of guanidine groups is 1. The van der Waals surface area contributed by atoms with Crippen molar-refractivity contribution in [2.45, 2.75) is 12.8 Å². The van der Waals surface area contributed by atoms with Crippen LogP contribution in [0.15, 0.2) is 46.8 Å². The Morgan fingerprint density at radius 3 is 2.82 bits per heavy atom. The molecule has 1 N–H and O–H groups in total. The minimum absolute atomic E-state index is 0.185. The first-order chi connectivity index (χ1) is 10.7. The monoisotopic (exact) mass is 319 g/mol. The van der Waals surface area contributed by atoms with Crippen LogP contribution in [-0.4, -0.2) is 38.0 Å². The highest BCUT2D eigenvalue weighted by molar-refractivity contribution is 7.09. The average Bonchev–Trinajstić information content (AvgIpc) is 3.03. The van der Waals surface area contributed by atoms with Crippen LogP contribution < -0.4 is 5.32 Å². The second-order valence-corrected chi connectivity index (χ2v) is 6.14. The number of likely N-dealkylation sites (N-methyl/N-ethyl adjacent to an activating group) is 1. The van der Waals surface area contributed by atoms with Crippen molar-refractivity contribution < 1.29 is 4.39 Å². The van der Waals surface area contributed by atoms with Gasteiger partial charge in [0.25, 0.3) is 0 Å². The molecule has 3 nitrogen and oxygen atoms in total. The zero-order valence-corrected chi connectivity index (χ0v) is 13.9. The van der Waals surface area contributed by atoms with Gasteiger partial charge in [-0.05, 0) is 42.0 Å². The second kappa shape index (κ2) is 8.54. The van der Waals surface area contributed by atoms with E-state index in [0.717, 1.165) is 37.5 Å². The molecule has 2 aromatic rings. The van der Waals surface area contributed by atoms with Crippen molar-refractivity contribution in [2.24, 2.45) is 4.99 Å². The average molecular weight is 319 g/mol. The first kappa shape index (κ1) is 16.5. The van der Waals surface area contributed by atoms with E-state index in [-0.39, 0.29) is 5.82 Å². The number of halogens is 1. The fraction of sp³-hybridized carbons (Fsp3) is 0.353. The van der Waals surface area contributed by atoms with Gasteiger partial charge in [-0.1, -0.05) is 18.2 Å². The van der Waals surface area contributed by atoms with E-state index in [0.29, 0.717) is 0 Å². The molecule has 5 heteroatoms. The molecule has 0 spiro atoms. The highest BCUT2D eigenvalue weighted by Gasteiger charge is 2.06. The van der Waals surface area contributed by atoms with Crippen LogP contribution in [-0.2, 0) is 12.8 Å². The van der Waals surface area contributed by atoms with E-state index in [2.05, 4.69) is 32.7 Å². The molecule has 0 saturated carbocycles. The number of nitrogens with zero attached hydrogens (tertiary/aromatic N) is 2. The van der Waals surface area contributed by atoms with Crippen molar-refractivity contribution in [3.05, 3.63) is 58.0 Å². The SMILES string of the molecule is CN=C(NCCc1cccc(F)c1)N(C)CCc1cccs1. The molecule has 0 bridgehead atoms. The minimum atomic E-state index is -0.185. The lowest BCUT2D eigenvalue weighted by Gasteiger charge is -2.21. The summed E-state index contributed by atoms with van der Waals surface area (Å²) in [5.74, 6) is 0.683. The Morgan fingerprint density at radius 1 is 1.27 bits per heavy atom. The molecule has 0 aliphatic carbocycles. The molecule has 2 rings (SSSR count). The van der Waals surface area contributed by atoms with Gasteiger partial charge in [-0.3, -0.25) is 4.99 Å². The molecule has 118 valence electrons. The van der Waals surface area contributed by atoms with Crippen molar-refractivity contribution in [1.29, 1.82) is 0 Å². The fourth-order valence-electron chi connectivity index (χ4n) is 2.23. The topological polar surface area (TPSA) is 27.6 Å². The number of aliphatic imine (C=N–C) groups is 1. The Morgan fingerprint density at radius 2 is 2.14 bits per heavy atom. The summed E-state index contributed by atoms with van der Waals surface area (Å²) in [5, 5.41) is 5.42. The third-order valence-electron chi connectivity index (χ3n) is 3.43. The van der Waals surface area contributed by atoms with E-state index in [1.54, 1.807) is 30.5 Å². The molecule has 0 atom stereocenters. The number of nitrogens with one attached hydrogen (secondary N) is 1. The Balaban J connectivity index is 1.76. The highest BCUT2D eigenvalue weighted by Crippen LogP contribution is 2.09. The van der Waals surface area contributed by atoms with Gasteiger partial charge in [0, 0.05) is 32.1 Å². The molecule has 0 amide bonds. The highest BCUT2D eigenvalue weighted by atomic mass is 32.1. The van der Waals surface area contributed by atoms with Gasteiger partial charge >= 0.3 is 0 Å². The zero-order chi connectivity index (χ0) is 15.8. The van der Waals surface area contributed by atoms with Gasteiger partial charge in [0.05, 0.1) is 0 Å². The quantitative estimate of drug-likeness (QED) is 0.654. The summed E-state index contributed by atoms with van der Waals surface area (Å²) >= 11 is 1.78. The summed E-state index contributed by atoms with van der Waals surface area (Å²) < 4.78 is 13.1. The van der Waals surface area contributed by atoms with Gasteiger partial charge in [0.15, 0.2) is 5.96 Å².